The third kappa shape index (κ3) is 4.39. The molecule has 30 heavy (non-hydrogen) atoms. The second-order valence-corrected chi connectivity index (χ2v) is 9.12. The molecule has 1 aromatic heterocycles. The van der Waals surface area contributed by atoms with Gasteiger partial charge < -0.3 is 4.98 Å². The number of nitrogens with zero attached hydrogens (tertiary/aromatic N) is 1. The Labute approximate surface area is 177 Å². The molecule has 1 heterocycles. The molecule has 0 radical (unpaired) electrons. The molecular weight excluding hydrogens is 394 g/mol. The van der Waals surface area contributed by atoms with Crippen LogP contribution in [0.15, 0.2) is 71.6 Å². The second kappa shape index (κ2) is 8.32. The summed E-state index contributed by atoms with van der Waals surface area (Å²) in [5, 5.41) is 0. The molecule has 2 N–H and O–H groups in total. The van der Waals surface area contributed by atoms with Gasteiger partial charge in [-0.1, -0.05) is 43.3 Å². The Balaban J connectivity index is 1.43. The van der Waals surface area contributed by atoms with Crippen LogP contribution in [0.3, 0.4) is 0 Å². The van der Waals surface area contributed by atoms with Crippen molar-refractivity contribution in [1.29, 1.82) is 0 Å². The number of hydrogen-bond acceptors (Lipinski definition) is 3. The molecule has 0 aliphatic heterocycles. The number of aromatic nitrogens is 2. The van der Waals surface area contributed by atoms with Crippen LogP contribution in [0.2, 0.25) is 0 Å². The summed E-state index contributed by atoms with van der Waals surface area (Å²) in [5.74, 6) is 0.955. The van der Waals surface area contributed by atoms with Gasteiger partial charge in [-0.25, -0.2) is 13.4 Å². The Morgan fingerprint density at radius 2 is 1.73 bits per heavy atom. The molecule has 0 saturated carbocycles. The fraction of sp³-hybridized carbons (Fsp3) is 0.208. The topological polar surface area (TPSA) is 74.8 Å². The van der Waals surface area contributed by atoms with Crippen LogP contribution in [0.5, 0.6) is 0 Å². The summed E-state index contributed by atoms with van der Waals surface area (Å²) in [6.45, 7) is 4.02. The van der Waals surface area contributed by atoms with Crippen LogP contribution in [-0.4, -0.2) is 18.4 Å². The molecule has 0 aliphatic rings. The molecule has 0 spiro atoms. The first kappa shape index (κ1) is 20.2. The fourth-order valence-electron chi connectivity index (χ4n) is 3.57. The Morgan fingerprint density at radius 1 is 0.967 bits per heavy atom. The first-order valence-corrected chi connectivity index (χ1v) is 11.6. The molecule has 0 saturated heterocycles. The molecule has 6 heteroatoms. The van der Waals surface area contributed by atoms with Crippen LogP contribution >= 0.6 is 0 Å². The lowest BCUT2D eigenvalue weighted by Crippen LogP contribution is -2.14. The molecule has 4 rings (SSSR count). The van der Waals surface area contributed by atoms with Gasteiger partial charge in [-0.15, -0.1) is 0 Å². The molecule has 0 amide bonds. The Kier molecular flexibility index (Phi) is 5.59. The van der Waals surface area contributed by atoms with Gasteiger partial charge in [-0.05, 0) is 66.8 Å². The van der Waals surface area contributed by atoms with Gasteiger partial charge in [0.25, 0.3) is 10.0 Å². The van der Waals surface area contributed by atoms with Crippen LogP contribution in [0, 0.1) is 6.92 Å². The predicted octanol–water partition coefficient (Wildman–Crippen LogP) is 5.02. The molecule has 4 aromatic rings. The Bertz CT molecular complexity index is 1280. The maximum absolute atomic E-state index is 12.8. The summed E-state index contributed by atoms with van der Waals surface area (Å²) in [7, 11) is -3.61. The normalized spacial score (nSPS) is 11.7. The summed E-state index contributed by atoms with van der Waals surface area (Å²) >= 11 is 0. The summed E-state index contributed by atoms with van der Waals surface area (Å²) in [5.41, 5.74) is 5.74. The smallest absolute Gasteiger partial charge is 0.262 e. The zero-order chi connectivity index (χ0) is 21.1. The number of fused-ring (bicyclic) bond motifs is 1. The van der Waals surface area contributed by atoms with Crippen molar-refractivity contribution in [2.45, 2.75) is 38.0 Å². The van der Waals surface area contributed by atoms with Gasteiger partial charge in [0.1, 0.15) is 5.82 Å². The van der Waals surface area contributed by atoms with E-state index >= 15 is 0 Å². The molecule has 5 nitrogen and oxygen atoms in total. The van der Waals surface area contributed by atoms with Gasteiger partial charge in [0.2, 0.25) is 0 Å². The third-order valence-electron chi connectivity index (χ3n) is 5.19. The number of nitrogens with one attached hydrogen (secondary N) is 2. The number of aromatic amines is 1. The van der Waals surface area contributed by atoms with Gasteiger partial charge in [0.15, 0.2) is 0 Å². The molecule has 0 unspecified atom stereocenters. The fourth-order valence-corrected chi connectivity index (χ4v) is 4.94. The van der Waals surface area contributed by atoms with E-state index in [2.05, 4.69) is 33.7 Å². The lowest BCUT2D eigenvalue weighted by molar-refractivity contribution is 0.600. The SMILES string of the molecule is CCc1ccccc1S(=O)(=O)Nc1ccc(CCc2nc3ccc(C)cc3[nH]2)cc1. The van der Waals surface area contributed by atoms with Crippen LogP contribution < -0.4 is 4.72 Å². The number of H-pyrrole nitrogens is 1. The van der Waals surface area contributed by atoms with Gasteiger partial charge >= 0.3 is 0 Å². The average molecular weight is 420 g/mol. The number of aryl methyl sites for hydroxylation is 4. The summed E-state index contributed by atoms with van der Waals surface area (Å²) in [4.78, 5) is 8.34. The number of hydrogen-bond donors (Lipinski definition) is 2. The van der Waals surface area contributed by atoms with Crippen molar-refractivity contribution < 1.29 is 8.42 Å². The highest BCUT2D eigenvalue weighted by Crippen LogP contribution is 2.21. The van der Waals surface area contributed by atoms with Gasteiger partial charge in [0, 0.05) is 12.1 Å². The predicted molar refractivity (Wildman–Crippen MR) is 121 cm³/mol. The Hall–Kier alpha value is -3.12. The molecule has 0 bridgehead atoms. The van der Waals surface area contributed by atoms with Gasteiger partial charge in [-0.2, -0.15) is 0 Å². The highest BCUT2D eigenvalue weighted by atomic mass is 32.2. The van der Waals surface area contributed by atoms with E-state index in [9.17, 15) is 8.42 Å². The van der Waals surface area contributed by atoms with Crippen molar-refractivity contribution >= 4 is 26.7 Å². The molecule has 0 atom stereocenters. The van der Waals surface area contributed by atoms with Gasteiger partial charge in [0.05, 0.1) is 15.9 Å². The van der Waals surface area contributed by atoms with Crippen molar-refractivity contribution in [3.63, 3.8) is 0 Å². The molecule has 0 fully saturated rings. The highest BCUT2D eigenvalue weighted by Gasteiger charge is 2.17. The van der Waals surface area contributed by atoms with Gasteiger partial charge in [-0.3, -0.25) is 4.72 Å². The summed E-state index contributed by atoms with van der Waals surface area (Å²) in [6.07, 6.45) is 2.28. The van der Waals surface area contributed by atoms with E-state index in [1.54, 1.807) is 12.1 Å². The first-order valence-electron chi connectivity index (χ1n) is 10.1. The molecule has 0 aliphatic carbocycles. The highest BCUT2D eigenvalue weighted by molar-refractivity contribution is 7.92. The number of rotatable bonds is 7. The average Bonchev–Trinajstić information content (AvgIpc) is 3.15. The first-order chi connectivity index (χ1) is 14.4. The quantitative estimate of drug-likeness (QED) is 0.442. The van der Waals surface area contributed by atoms with E-state index in [1.165, 1.54) is 5.56 Å². The summed E-state index contributed by atoms with van der Waals surface area (Å²) < 4.78 is 28.2. The van der Waals surface area contributed by atoms with Crippen molar-refractivity contribution in [3.05, 3.63) is 89.2 Å². The minimum Gasteiger partial charge on any atom is -0.342 e. The van der Waals surface area contributed by atoms with E-state index in [1.807, 2.05) is 49.4 Å². The number of anilines is 1. The number of imidazole rings is 1. The van der Waals surface area contributed by atoms with Crippen molar-refractivity contribution in [1.82, 2.24) is 9.97 Å². The van der Waals surface area contributed by atoms with Crippen LogP contribution in [0.1, 0.15) is 29.4 Å². The monoisotopic (exact) mass is 419 g/mol. The van der Waals surface area contributed by atoms with Crippen LogP contribution in [0.25, 0.3) is 11.0 Å². The van der Waals surface area contributed by atoms with Crippen LogP contribution in [-0.2, 0) is 29.3 Å². The largest absolute Gasteiger partial charge is 0.342 e. The van der Waals surface area contributed by atoms with Crippen molar-refractivity contribution in [2.75, 3.05) is 4.72 Å². The summed E-state index contributed by atoms with van der Waals surface area (Å²) in [6, 6.07) is 20.8. The zero-order valence-electron chi connectivity index (χ0n) is 17.1. The second-order valence-electron chi connectivity index (χ2n) is 7.47. The van der Waals surface area contributed by atoms with E-state index in [-0.39, 0.29) is 0 Å². The van der Waals surface area contributed by atoms with E-state index in [4.69, 9.17) is 0 Å². The van der Waals surface area contributed by atoms with E-state index in [0.717, 1.165) is 40.8 Å². The lowest BCUT2D eigenvalue weighted by Gasteiger charge is -2.11. The molecular formula is C24H25N3O2S. The maximum Gasteiger partial charge on any atom is 0.262 e. The number of sulfonamides is 1. The lowest BCUT2D eigenvalue weighted by atomic mass is 10.1. The molecule has 3 aromatic carbocycles. The molecule has 154 valence electrons. The number of benzene rings is 3. The maximum atomic E-state index is 12.8. The van der Waals surface area contributed by atoms with E-state index in [0.29, 0.717) is 17.0 Å². The van der Waals surface area contributed by atoms with Crippen molar-refractivity contribution in [2.24, 2.45) is 0 Å². The van der Waals surface area contributed by atoms with E-state index < -0.39 is 10.0 Å². The van der Waals surface area contributed by atoms with Crippen LogP contribution in [0.4, 0.5) is 5.69 Å². The minimum atomic E-state index is -3.61. The van der Waals surface area contributed by atoms with Crippen molar-refractivity contribution in [3.8, 4) is 0 Å². The Morgan fingerprint density at radius 3 is 2.50 bits per heavy atom. The third-order valence-corrected chi connectivity index (χ3v) is 6.67. The minimum absolute atomic E-state index is 0.330. The zero-order valence-corrected chi connectivity index (χ0v) is 18.0. The standard InChI is InChI=1S/C24H25N3O2S/c1-3-19-6-4-5-7-23(19)30(28,29)27-20-12-9-18(10-13-20)11-15-24-25-21-14-8-17(2)16-22(21)26-24/h4-10,12-14,16,27H,3,11,15H2,1-2H3,(H,25,26).